The fourth-order valence-electron chi connectivity index (χ4n) is 2.36. The number of ether oxygens (including phenoxy) is 1. The van der Waals surface area contributed by atoms with Gasteiger partial charge in [-0.1, -0.05) is 36.4 Å². The summed E-state index contributed by atoms with van der Waals surface area (Å²) in [6, 6.07) is 10.1. The maximum absolute atomic E-state index is 12.2. The molecule has 2 rings (SSSR count). The van der Waals surface area contributed by atoms with E-state index in [1.165, 1.54) is 18.3 Å². The van der Waals surface area contributed by atoms with Crippen molar-refractivity contribution in [1.29, 1.82) is 0 Å². The van der Waals surface area contributed by atoms with Crippen molar-refractivity contribution in [2.45, 2.75) is 32.5 Å². The van der Waals surface area contributed by atoms with E-state index < -0.39 is 12.8 Å². The second-order valence-electron chi connectivity index (χ2n) is 6.27. The van der Waals surface area contributed by atoms with Gasteiger partial charge in [0, 0.05) is 0 Å². The van der Waals surface area contributed by atoms with Gasteiger partial charge in [-0.3, -0.25) is 9.78 Å². The molecule has 0 aliphatic rings. The predicted octanol–water partition coefficient (Wildman–Crippen LogP) is 4.48. The van der Waals surface area contributed by atoms with Crippen LogP contribution in [0.25, 0.3) is 5.57 Å². The van der Waals surface area contributed by atoms with Crippen LogP contribution in [0.3, 0.4) is 0 Å². The van der Waals surface area contributed by atoms with Gasteiger partial charge < -0.3 is 10.1 Å². The van der Waals surface area contributed by atoms with Gasteiger partial charge in [0.05, 0.1) is 24.4 Å². The van der Waals surface area contributed by atoms with Gasteiger partial charge in [0.1, 0.15) is 5.75 Å². The summed E-state index contributed by atoms with van der Waals surface area (Å²) in [5.41, 5.74) is 3.37. The zero-order valence-corrected chi connectivity index (χ0v) is 15.1. The average molecular weight is 378 g/mol. The predicted molar refractivity (Wildman–Crippen MR) is 97.2 cm³/mol. The van der Waals surface area contributed by atoms with E-state index in [-0.39, 0.29) is 24.1 Å². The third kappa shape index (κ3) is 6.77. The lowest BCUT2D eigenvalue weighted by atomic mass is 10.0. The SMILES string of the molecule is C=C(C)c1ccc(CC(=O)NC(C)c2ccc(OCC(F)(F)F)cn2)cc1. The zero-order chi connectivity index (χ0) is 20.0. The maximum atomic E-state index is 12.2. The summed E-state index contributed by atoms with van der Waals surface area (Å²) in [5.74, 6) is -0.156. The molecule has 0 radical (unpaired) electrons. The van der Waals surface area contributed by atoms with Crippen LogP contribution in [-0.2, 0) is 11.2 Å². The summed E-state index contributed by atoms with van der Waals surface area (Å²) < 4.78 is 41.0. The minimum absolute atomic E-state index is 0.0206. The number of amides is 1. The van der Waals surface area contributed by atoms with Crippen LogP contribution in [0.4, 0.5) is 13.2 Å². The first-order valence-electron chi connectivity index (χ1n) is 8.34. The third-order valence-electron chi connectivity index (χ3n) is 3.79. The summed E-state index contributed by atoms with van der Waals surface area (Å²) >= 11 is 0. The first kappa shape index (κ1) is 20.5. The Morgan fingerprint density at radius 1 is 1.22 bits per heavy atom. The second kappa shape index (κ2) is 8.70. The van der Waals surface area contributed by atoms with Gasteiger partial charge in [-0.25, -0.2) is 0 Å². The van der Waals surface area contributed by atoms with E-state index in [9.17, 15) is 18.0 Å². The molecule has 4 nitrogen and oxygen atoms in total. The molecule has 0 aliphatic heterocycles. The van der Waals surface area contributed by atoms with E-state index in [0.717, 1.165) is 16.7 Å². The lowest BCUT2D eigenvalue weighted by Gasteiger charge is -2.14. The molecular weight excluding hydrogens is 357 g/mol. The number of rotatable bonds is 7. The molecule has 0 fully saturated rings. The standard InChI is InChI=1S/C20H21F3N2O2/c1-13(2)16-6-4-15(5-7-16)10-19(26)25-14(3)18-9-8-17(11-24-18)27-12-20(21,22)23/h4-9,11,14H,1,10,12H2,2-3H3,(H,25,26). The number of halogens is 3. The number of carbonyl (C=O) groups excluding carboxylic acids is 1. The maximum Gasteiger partial charge on any atom is 0.422 e. The number of pyridine rings is 1. The Morgan fingerprint density at radius 3 is 2.41 bits per heavy atom. The molecule has 1 heterocycles. The van der Waals surface area contributed by atoms with Crippen LogP contribution < -0.4 is 10.1 Å². The largest absolute Gasteiger partial charge is 0.483 e. The number of allylic oxidation sites excluding steroid dienone is 1. The van der Waals surface area contributed by atoms with E-state index in [2.05, 4.69) is 21.6 Å². The monoisotopic (exact) mass is 378 g/mol. The summed E-state index contributed by atoms with van der Waals surface area (Å²) in [5, 5.41) is 2.82. The Balaban J connectivity index is 1.89. The van der Waals surface area contributed by atoms with Crippen molar-refractivity contribution in [3.63, 3.8) is 0 Å². The minimum atomic E-state index is -4.40. The molecule has 0 bridgehead atoms. The molecule has 144 valence electrons. The lowest BCUT2D eigenvalue weighted by Crippen LogP contribution is -2.28. The van der Waals surface area contributed by atoms with E-state index in [1.807, 2.05) is 31.2 Å². The van der Waals surface area contributed by atoms with Gasteiger partial charge in [0.25, 0.3) is 0 Å². The lowest BCUT2D eigenvalue weighted by molar-refractivity contribution is -0.153. The van der Waals surface area contributed by atoms with Crippen molar-refractivity contribution in [3.05, 3.63) is 66.0 Å². The Bertz CT molecular complexity index is 784. The van der Waals surface area contributed by atoms with Gasteiger partial charge in [-0.15, -0.1) is 0 Å². The normalized spacial score (nSPS) is 12.3. The topological polar surface area (TPSA) is 51.2 Å². The molecule has 0 saturated heterocycles. The number of nitrogens with zero attached hydrogens (tertiary/aromatic N) is 1. The quantitative estimate of drug-likeness (QED) is 0.773. The van der Waals surface area contributed by atoms with Crippen LogP contribution in [0.5, 0.6) is 5.75 Å². The number of hydrogen-bond acceptors (Lipinski definition) is 3. The van der Waals surface area contributed by atoms with Gasteiger partial charge in [0.15, 0.2) is 6.61 Å². The number of nitrogens with one attached hydrogen (secondary N) is 1. The first-order valence-corrected chi connectivity index (χ1v) is 8.34. The van der Waals surface area contributed by atoms with Crippen LogP contribution in [0, 0.1) is 0 Å². The molecule has 0 spiro atoms. The molecule has 1 atom stereocenters. The molecule has 27 heavy (non-hydrogen) atoms. The molecule has 2 aromatic rings. The Hall–Kier alpha value is -2.83. The first-order chi connectivity index (χ1) is 12.6. The molecule has 1 aromatic carbocycles. The summed E-state index contributed by atoms with van der Waals surface area (Å²) in [6.45, 7) is 6.16. The van der Waals surface area contributed by atoms with Crippen molar-refractivity contribution >= 4 is 11.5 Å². The number of aromatic nitrogens is 1. The van der Waals surface area contributed by atoms with Gasteiger partial charge in [0.2, 0.25) is 5.91 Å². The molecule has 1 unspecified atom stereocenters. The highest BCUT2D eigenvalue weighted by Crippen LogP contribution is 2.19. The van der Waals surface area contributed by atoms with E-state index in [0.29, 0.717) is 5.69 Å². The summed E-state index contributed by atoms with van der Waals surface area (Å²) in [7, 11) is 0. The molecular formula is C20H21F3N2O2. The van der Waals surface area contributed by atoms with E-state index in [1.54, 1.807) is 6.92 Å². The number of alkyl halides is 3. The van der Waals surface area contributed by atoms with Crippen LogP contribution in [0.2, 0.25) is 0 Å². The fourth-order valence-corrected chi connectivity index (χ4v) is 2.36. The molecule has 1 amide bonds. The molecule has 0 aliphatic carbocycles. The summed E-state index contributed by atoms with van der Waals surface area (Å²) in [6.07, 6.45) is -2.98. The Kier molecular flexibility index (Phi) is 6.60. The van der Waals surface area contributed by atoms with E-state index in [4.69, 9.17) is 0 Å². The molecule has 1 N–H and O–H groups in total. The number of hydrogen-bond donors (Lipinski definition) is 1. The summed E-state index contributed by atoms with van der Waals surface area (Å²) in [4.78, 5) is 16.2. The van der Waals surface area contributed by atoms with Gasteiger partial charge >= 0.3 is 6.18 Å². The van der Waals surface area contributed by atoms with E-state index >= 15 is 0 Å². The van der Waals surface area contributed by atoms with Crippen molar-refractivity contribution in [2.75, 3.05) is 6.61 Å². The highest BCUT2D eigenvalue weighted by Gasteiger charge is 2.28. The highest BCUT2D eigenvalue weighted by molar-refractivity contribution is 5.79. The van der Waals surface area contributed by atoms with Gasteiger partial charge in [-0.2, -0.15) is 13.2 Å². The zero-order valence-electron chi connectivity index (χ0n) is 15.1. The van der Waals surface area contributed by atoms with Crippen molar-refractivity contribution in [1.82, 2.24) is 10.3 Å². The Labute approximate surface area is 156 Å². The third-order valence-corrected chi connectivity index (χ3v) is 3.79. The van der Waals surface area contributed by atoms with Crippen LogP contribution >= 0.6 is 0 Å². The van der Waals surface area contributed by atoms with Crippen molar-refractivity contribution in [3.8, 4) is 5.75 Å². The minimum Gasteiger partial charge on any atom is -0.483 e. The fraction of sp³-hybridized carbons (Fsp3) is 0.300. The van der Waals surface area contributed by atoms with Crippen LogP contribution in [0.15, 0.2) is 49.2 Å². The second-order valence-corrected chi connectivity index (χ2v) is 6.27. The van der Waals surface area contributed by atoms with Crippen LogP contribution in [0.1, 0.15) is 36.7 Å². The van der Waals surface area contributed by atoms with Gasteiger partial charge in [-0.05, 0) is 37.1 Å². The molecule has 7 heteroatoms. The average Bonchev–Trinajstić information content (AvgIpc) is 2.60. The molecule has 1 aromatic heterocycles. The number of carbonyl (C=O) groups is 1. The highest BCUT2D eigenvalue weighted by atomic mass is 19.4. The number of benzene rings is 1. The smallest absolute Gasteiger partial charge is 0.422 e. The Morgan fingerprint density at radius 2 is 1.89 bits per heavy atom. The van der Waals surface area contributed by atoms with Crippen molar-refractivity contribution in [2.24, 2.45) is 0 Å². The van der Waals surface area contributed by atoms with Crippen molar-refractivity contribution < 1.29 is 22.7 Å². The molecule has 0 saturated carbocycles. The van der Waals surface area contributed by atoms with Crippen LogP contribution in [-0.4, -0.2) is 23.7 Å².